The van der Waals surface area contributed by atoms with E-state index in [4.69, 9.17) is 4.98 Å². The van der Waals surface area contributed by atoms with Crippen LogP contribution in [0, 0.1) is 26.8 Å². The molecule has 0 fully saturated rings. The zero-order chi connectivity index (χ0) is 17.4. The van der Waals surface area contributed by atoms with Gasteiger partial charge in [-0.15, -0.1) is 35.9 Å². The smallest absolute Gasteiger partial charge is 0.162 e. The van der Waals surface area contributed by atoms with Crippen molar-refractivity contribution >= 4 is 0 Å². The van der Waals surface area contributed by atoms with Crippen molar-refractivity contribution in [3.8, 4) is 22.9 Å². The second kappa shape index (κ2) is 7.40. The molecule has 0 aliphatic rings. The minimum atomic E-state index is 0. The van der Waals surface area contributed by atoms with Gasteiger partial charge in [-0.3, -0.25) is 4.98 Å². The molecule has 0 N–H and O–H groups in total. The van der Waals surface area contributed by atoms with Crippen LogP contribution >= 0.6 is 0 Å². The standard InChI is InChI=1S/C21H19N4.Ir/c1-15-12-16(2)20(17(3)13-15)24-14-19(25-11-7-10-22-25)23-21(24)18-8-5-4-6-9-18;/h4-8,10-14H,1-3H3;/q-1;. The Kier molecular flexibility index (Phi) is 5.21. The monoisotopic (exact) mass is 520 g/mol. The molecule has 0 aliphatic carbocycles. The van der Waals surface area contributed by atoms with E-state index in [0.717, 1.165) is 22.9 Å². The van der Waals surface area contributed by atoms with Crippen molar-refractivity contribution in [3.63, 3.8) is 0 Å². The molecule has 0 atom stereocenters. The first-order valence-corrected chi connectivity index (χ1v) is 8.28. The second-order valence-corrected chi connectivity index (χ2v) is 6.27. The quantitative estimate of drug-likeness (QED) is 0.375. The van der Waals surface area contributed by atoms with E-state index in [9.17, 15) is 0 Å². The van der Waals surface area contributed by atoms with Gasteiger partial charge in [-0.2, -0.15) is 5.10 Å². The molecule has 1 radical (unpaired) electrons. The first-order chi connectivity index (χ1) is 12.1. The number of rotatable bonds is 3. The Hall–Kier alpha value is -2.49. The molecule has 133 valence electrons. The molecule has 0 spiro atoms. The van der Waals surface area contributed by atoms with Crippen molar-refractivity contribution < 1.29 is 20.1 Å². The molecule has 2 aromatic carbocycles. The Morgan fingerprint density at radius 1 is 1.00 bits per heavy atom. The summed E-state index contributed by atoms with van der Waals surface area (Å²) in [6, 6.07) is 17.5. The Labute approximate surface area is 166 Å². The van der Waals surface area contributed by atoms with Gasteiger partial charge in [0.1, 0.15) is 0 Å². The van der Waals surface area contributed by atoms with E-state index in [-0.39, 0.29) is 20.1 Å². The fourth-order valence-electron chi connectivity index (χ4n) is 3.33. The number of benzene rings is 2. The molecule has 4 aromatic rings. The van der Waals surface area contributed by atoms with Crippen LogP contribution in [-0.2, 0) is 20.1 Å². The van der Waals surface area contributed by atoms with Crippen LogP contribution in [0.15, 0.2) is 61.1 Å². The van der Waals surface area contributed by atoms with Crippen molar-refractivity contribution in [1.82, 2.24) is 19.3 Å². The molecule has 4 rings (SSSR count). The maximum absolute atomic E-state index is 4.84. The zero-order valence-electron chi connectivity index (χ0n) is 14.9. The molecular formula is C21H19IrN4-. The summed E-state index contributed by atoms with van der Waals surface area (Å²) < 4.78 is 3.93. The number of imidazole rings is 1. The third-order valence-electron chi connectivity index (χ3n) is 4.26. The average Bonchev–Trinajstić information content (AvgIpc) is 3.24. The van der Waals surface area contributed by atoms with Crippen LogP contribution < -0.4 is 0 Å². The summed E-state index contributed by atoms with van der Waals surface area (Å²) >= 11 is 0. The fourth-order valence-corrected chi connectivity index (χ4v) is 3.33. The maximum atomic E-state index is 4.84. The van der Waals surface area contributed by atoms with Gasteiger partial charge < -0.3 is 4.57 Å². The molecule has 26 heavy (non-hydrogen) atoms. The molecule has 0 amide bonds. The second-order valence-electron chi connectivity index (χ2n) is 6.27. The average molecular weight is 520 g/mol. The maximum Gasteiger partial charge on any atom is 0.162 e. The van der Waals surface area contributed by atoms with Gasteiger partial charge in [-0.05, 0) is 38.0 Å². The number of aryl methyl sites for hydroxylation is 3. The molecule has 0 bridgehead atoms. The van der Waals surface area contributed by atoms with E-state index in [1.54, 1.807) is 10.9 Å². The van der Waals surface area contributed by atoms with E-state index in [1.807, 2.05) is 42.7 Å². The third kappa shape index (κ3) is 3.28. The number of hydrogen-bond acceptors (Lipinski definition) is 2. The van der Waals surface area contributed by atoms with Gasteiger partial charge in [0.2, 0.25) is 0 Å². The number of aromatic nitrogens is 4. The van der Waals surface area contributed by atoms with Gasteiger partial charge in [-0.25, -0.2) is 4.68 Å². The Balaban J connectivity index is 0.00000196. The minimum Gasteiger partial charge on any atom is -0.337 e. The SMILES string of the molecule is Cc1cc(C)c(-n2cc(-n3cccn3)nc2-c2[c-]cccc2)c(C)c1.[Ir]. The van der Waals surface area contributed by atoms with Crippen molar-refractivity contribution in [2.45, 2.75) is 20.8 Å². The van der Waals surface area contributed by atoms with Gasteiger partial charge >= 0.3 is 0 Å². The predicted octanol–water partition coefficient (Wildman–Crippen LogP) is 4.45. The van der Waals surface area contributed by atoms with Gasteiger partial charge in [0, 0.05) is 44.4 Å². The van der Waals surface area contributed by atoms with Crippen molar-refractivity contribution in [2.75, 3.05) is 0 Å². The van der Waals surface area contributed by atoms with Crippen LogP contribution in [0.4, 0.5) is 0 Å². The molecule has 2 aromatic heterocycles. The Morgan fingerprint density at radius 2 is 1.77 bits per heavy atom. The number of hydrogen-bond donors (Lipinski definition) is 0. The van der Waals surface area contributed by atoms with Crippen molar-refractivity contribution in [3.05, 3.63) is 83.8 Å². The molecule has 5 heteroatoms. The van der Waals surface area contributed by atoms with Crippen LogP contribution in [0.1, 0.15) is 16.7 Å². The summed E-state index contributed by atoms with van der Waals surface area (Å²) in [5.41, 5.74) is 5.82. The fraction of sp³-hybridized carbons (Fsp3) is 0.143. The molecule has 0 saturated carbocycles. The van der Waals surface area contributed by atoms with E-state index in [2.05, 4.69) is 48.6 Å². The van der Waals surface area contributed by atoms with E-state index >= 15 is 0 Å². The largest absolute Gasteiger partial charge is 0.337 e. The summed E-state index contributed by atoms with van der Waals surface area (Å²) in [4.78, 5) is 4.84. The third-order valence-corrected chi connectivity index (χ3v) is 4.26. The first-order valence-electron chi connectivity index (χ1n) is 8.28. The van der Waals surface area contributed by atoms with Crippen LogP contribution in [-0.4, -0.2) is 19.3 Å². The van der Waals surface area contributed by atoms with Crippen molar-refractivity contribution in [1.29, 1.82) is 0 Å². The molecule has 4 nitrogen and oxygen atoms in total. The summed E-state index contributed by atoms with van der Waals surface area (Å²) in [7, 11) is 0. The summed E-state index contributed by atoms with van der Waals surface area (Å²) in [5, 5.41) is 4.32. The topological polar surface area (TPSA) is 35.6 Å². The summed E-state index contributed by atoms with van der Waals surface area (Å²) in [6.45, 7) is 6.40. The number of nitrogens with zero attached hydrogens (tertiary/aromatic N) is 4. The van der Waals surface area contributed by atoms with E-state index < -0.39 is 0 Å². The molecule has 0 aliphatic heterocycles. The first kappa shape index (κ1) is 18.3. The van der Waals surface area contributed by atoms with Gasteiger partial charge in [-0.1, -0.05) is 17.7 Å². The molecular weight excluding hydrogens is 500 g/mol. The molecule has 2 heterocycles. The Bertz CT molecular complexity index is 995. The van der Waals surface area contributed by atoms with Gasteiger partial charge in [0.05, 0.1) is 5.82 Å². The predicted molar refractivity (Wildman–Crippen MR) is 99.2 cm³/mol. The summed E-state index contributed by atoms with van der Waals surface area (Å²) in [6.07, 6.45) is 5.70. The van der Waals surface area contributed by atoms with Crippen LogP contribution in [0.2, 0.25) is 0 Å². The van der Waals surface area contributed by atoms with Crippen LogP contribution in [0.3, 0.4) is 0 Å². The van der Waals surface area contributed by atoms with Crippen molar-refractivity contribution in [2.24, 2.45) is 0 Å². The summed E-state index contributed by atoms with van der Waals surface area (Å²) in [5.74, 6) is 1.65. The van der Waals surface area contributed by atoms with Crippen LogP contribution in [0.25, 0.3) is 22.9 Å². The normalized spacial score (nSPS) is 10.6. The van der Waals surface area contributed by atoms with E-state index in [0.29, 0.717) is 0 Å². The zero-order valence-corrected chi connectivity index (χ0v) is 17.3. The Morgan fingerprint density at radius 3 is 2.38 bits per heavy atom. The van der Waals surface area contributed by atoms with Gasteiger partial charge in [0.25, 0.3) is 0 Å². The minimum absolute atomic E-state index is 0. The molecule has 0 saturated heterocycles. The van der Waals surface area contributed by atoms with E-state index in [1.165, 1.54) is 16.7 Å². The van der Waals surface area contributed by atoms with Crippen LogP contribution in [0.5, 0.6) is 0 Å². The molecule has 0 unspecified atom stereocenters. The van der Waals surface area contributed by atoms with Gasteiger partial charge in [0.15, 0.2) is 5.82 Å².